The lowest BCUT2D eigenvalue weighted by atomic mass is 9.89. The fraction of sp³-hybridized carbons (Fsp3) is 0.676. The van der Waals surface area contributed by atoms with Crippen LogP contribution in [0.2, 0.25) is 25.7 Å². The van der Waals surface area contributed by atoms with E-state index in [9.17, 15) is 14.2 Å². The Bertz CT molecular complexity index is 1360. The molecule has 47 heavy (non-hydrogen) atoms. The van der Waals surface area contributed by atoms with Gasteiger partial charge in [-0.3, -0.25) is 14.3 Å². The molecular formula is C34H56N3O8PSi. The van der Waals surface area contributed by atoms with Crippen molar-refractivity contribution in [1.82, 2.24) is 9.99 Å². The number of ether oxygens (including phenoxy) is 4. The molecule has 1 fully saturated rings. The highest BCUT2D eigenvalue weighted by Gasteiger charge is 2.33. The normalized spacial score (nSPS) is 17.4. The van der Waals surface area contributed by atoms with Crippen molar-refractivity contribution in [3.8, 4) is 5.75 Å². The zero-order valence-corrected chi connectivity index (χ0v) is 31.8. The Labute approximate surface area is 282 Å². The molecular weight excluding hydrogens is 637 g/mol. The number of nitrogens with zero attached hydrogens (tertiary/aromatic N) is 2. The number of esters is 2. The molecule has 0 spiro atoms. The van der Waals surface area contributed by atoms with E-state index in [4.69, 9.17) is 23.6 Å². The summed E-state index contributed by atoms with van der Waals surface area (Å²) >= 11 is 0. The van der Waals surface area contributed by atoms with Gasteiger partial charge in [0, 0.05) is 38.8 Å². The van der Waals surface area contributed by atoms with Gasteiger partial charge in [0.25, 0.3) is 0 Å². The number of nitrogens with one attached hydrogen (secondary N) is 1. The van der Waals surface area contributed by atoms with E-state index in [1.165, 1.54) is 0 Å². The van der Waals surface area contributed by atoms with Crippen molar-refractivity contribution < 1.29 is 37.7 Å². The van der Waals surface area contributed by atoms with Gasteiger partial charge >= 0.3 is 19.5 Å². The van der Waals surface area contributed by atoms with Gasteiger partial charge in [0.15, 0.2) is 0 Å². The summed E-state index contributed by atoms with van der Waals surface area (Å²) in [6, 6.07) is 0.0891. The number of rotatable bonds is 18. The second-order valence-corrected chi connectivity index (χ2v) is 21.6. The Balaban J connectivity index is 1.76. The van der Waals surface area contributed by atoms with Gasteiger partial charge in [0.05, 0.1) is 38.3 Å². The first-order valence-corrected chi connectivity index (χ1v) is 22.3. The largest absolute Gasteiger partial charge is 0.493 e. The Hall–Kier alpha value is -2.50. The molecule has 11 nitrogen and oxygen atoms in total. The smallest absolute Gasteiger partial charge is 0.344 e. The van der Waals surface area contributed by atoms with Crippen LogP contribution in [-0.2, 0) is 47.6 Å². The molecule has 0 radical (unpaired) electrons. The van der Waals surface area contributed by atoms with Crippen LogP contribution < -0.4 is 9.82 Å². The van der Waals surface area contributed by atoms with Gasteiger partial charge in [-0.15, -0.1) is 0 Å². The minimum atomic E-state index is -3.65. The van der Waals surface area contributed by atoms with Gasteiger partial charge in [-0.2, -0.15) is 0 Å². The number of fused-ring (bicyclic) bond motifs is 1. The summed E-state index contributed by atoms with van der Waals surface area (Å²) in [5.41, 5.74) is 5.92. The van der Waals surface area contributed by atoms with Gasteiger partial charge in [-0.05, 0) is 71.1 Å². The molecule has 1 N–H and O–H groups in total. The minimum Gasteiger partial charge on any atom is -0.493 e. The highest BCUT2D eigenvalue weighted by molar-refractivity contribution is 7.57. The molecule has 3 rings (SSSR count). The molecule has 0 bridgehead atoms. The molecule has 13 heteroatoms. The number of hydrogen-bond acceptors (Lipinski definition) is 10. The molecule has 2 aliphatic heterocycles. The fourth-order valence-corrected chi connectivity index (χ4v) is 8.30. The molecule has 1 saturated heterocycles. The average Bonchev–Trinajstić information content (AvgIpc) is 3.39. The summed E-state index contributed by atoms with van der Waals surface area (Å²) < 4.78 is 42.4. The first-order valence-electron chi connectivity index (χ1n) is 16.8. The fourth-order valence-electron chi connectivity index (χ4n) is 5.61. The van der Waals surface area contributed by atoms with E-state index >= 15 is 0 Å². The third-order valence-electron chi connectivity index (χ3n) is 8.25. The standard InChI is InChI=1S/C34H56N3O8PSi/c1-10-28-26(5)30-22-44-34(39)31(30)32(42-20-21-47(7,8)9)29(28)13-12-25(4)23-46(40,45-35-24(2)3)36-27(6)33(38)43-17-11-14-37-15-18-41-19-16-37/h12,27H,10-11,13-23H2,1-9H3,(H,36,40)/b25-12+/t27-,46?/m0/s1. The maximum absolute atomic E-state index is 14.1. The number of cyclic esters (lactones) is 1. The molecule has 0 aromatic heterocycles. The number of benzene rings is 1. The first kappa shape index (κ1) is 38.9. The van der Waals surface area contributed by atoms with Gasteiger partial charge in [-0.1, -0.05) is 43.4 Å². The zero-order chi connectivity index (χ0) is 34.8. The highest BCUT2D eigenvalue weighted by atomic mass is 31.2. The van der Waals surface area contributed by atoms with E-state index in [1.807, 2.05) is 19.9 Å². The molecule has 2 heterocycles. The topological polar surface area (TPSA) is 125 Å². The minimum absolute atomic E-state index is 0.0255. The van der Waals surface area contributed by atoms with E-state index in [2.05, 4.69) is 41.7 Å². The number of carbonyl (C=O) groups is 2. The van der Waals surface area contributed by atoms with Crippen LogP contribution >= 0.6 is 7.52 Å². The predicted molar refractivity (Wildman–Crippen MR) is 189 cm³/mol. The number of oxime groups is 1. The molecule has 2 atom stereocenters. The maximum Gasteiger partial charge on any atom is 0.344 e. The van der Waals surface area contributed by atoms with Gasteiger partial charge in [0.2, 0.25) is 0 Å². The maximum atomic E-state index is 14.1. The predicted octanol–water partition coefficient (Wildman–Crippen LogP) is 6.28. The van der Waals surface area contributed by atoms with Crippen molar-refractivity contribution in [2.75, 3.05) is 52.2 Å². The van der Waals surface area contributed by atoms with Crippen LogP contribution in [-0.4, -0.2) is 88.9 Å². The van der Waals surface area contributed by atoms with E-state index < -0.39 is 27.6 Å². The van der Waals surface area contributed by atoms with Crippen LogP contribution in [0.4, 0.5) is 0 Å². The Morgan fingerprint density at radius 3 is 2.49 bits per heavy atom. The third-order valence-corrected chi connectivity index (χ3v) is 12.0. The van der Waals surface area contributed by atoms with E-state index in [0.717, 1.165) is 73.1 Å². The Morgan fingerprint density at radius 1 is 1.15 bits per heavy atom. The van der Waals surface area contributed by atoms with Crippen molar-refractivity contribution >= 4 is 33.2 Å². The average molecular weight is 694 g/mol. The zero-order valence-electron chi connectivity index (χ0n) is 30.0. The molecule has 0 aliphatic carbocycles. The molecule has 0 saturated carbocycles. The monoisotopic (exact) mass is 693 g/mol. The summed E-state index contributed by atoms with van der Waals surface area (Å²) in [5.74, 6) is -0.253. The van der Waals surface area contributed by atoms with Crippen molar-refractivity contribution in [3.05, 3.63) is 39.5 Å². The van der Waals surface area contributed by atoms with E-state index in [0.29, 0.717) is 36.5 Å². The highest BCUT2D eigenvalue weighted by Crippen LogP contribution is 2.46. The number of hydrogen-bond donors (Lipinski definition) is 1. The van der Waals surface area contributed by atoms with E-state index in [-0.39, 0.29) is 25.3 Å². The second-order valence-electron chi connectivity index (χ2n) is 13.9. The number of carbonyl (C=O) groups excluding carboxylic acids is 2. The quantitative estimate of drug-likeness (QED) is 0.0357. The van der Waals surface area contributed by atoms with Crippen molar-refractivity contribution in [2.24, 2.45) is 5.16 Å². The van der Waals surface area contributed by atoms with Gasteiger partial charge in [0.1, 0.15) is 24.0 Å². The van der Waals surface area contributed by atoms with Crippen LogP contribution in [0.25, 0.3) is 0 Å². The Morgan fingerprint density at radius 2 is 1.85 bits per heavy atom. The lowest BCUT2D eigenvalue weighted by Crippen LogP contribution is -2.38. The lowest BCUT2D eigenvalue weighted by Gasteiger charge is -2.26. The van der Waals surface area contributed by atoms with Crippen LogP contribution in [0, 0.1) is 6.92 Å². The lowest BCUT2D eigenvalue weighted by molar-refractivity contribution is -0.145. The van der Waals surface area contributed by atoms with E-state index in [1.54, 1.807) is 20.8 Å². The van der Waals surface area contributed by atoms with Gasteiger partial charge in [-0.25, -0.2) is 9.88 Å². The molecule has 0 amide bonds. The SMILES string of the molecule is CCc1c(C)c2c(c(OCC[Si](C)(C)C)c1C/C=C(\C)CP(=O)(N[C@@H](C)C(=O)OCCCN1CCOCC1)ON=C(C)C)C(=O)OC2. The third kappa shape index (κ3) is 11.9. The molecule has 264 valence electrons. The number of morpholine rings is 1. The van der Waals surface area contributed by atoms with Crippen LogP contribution in [0.5, 0.6) is 5.75 Å². The van der Waals surface area contributed by atoms with Gasteiger partial charge < -0.3 is 23.6 Å². The molecule has 1 aromatic rings. The van der Waals surface area contributed by atoms with Crippen molar-refractivity contribution in [2.45, 2.75) is 99.1 Å². The summed E-state index contributed by atoms with van der Waals surface area (Å²) in [6.45, 7) is 23.1. The Kier molecular flexibility index (Phi) is 14.7. The molecule has 1 aromatic carbocycles. The summed E-state index contributed by atoms with van der Waals surface area (Å²) in [5, 5.41) is 6.88. The molecule has 1 unspecified atom stereocenters. The summed E-state index contributed by atoms with van der Waals surface area (Å²) in [6.07, 6.45) is 3.95. The molecule has 2 aliphatic rings. The van der Waals surface area contributed by atoms with Crippen LogP contribution in [0.1, 0.15) is 73.7 Å². The summed E-state index contributed by atoms with van der Waals surface area (Å²) in [7, 11) is -5.03. The van der Waals surface area contributed by atoms with Crippen LogP contribution in [0.3, 0.4) is 0 Å². The van der Waals surface area contributed by atoms with Crippen LogP contribution in [0.15, 0.2) is 16.8 Å². The van der Waals surface area contributed by atoms with Crippen molar-refractivity contribution in [3.63, 3.8) is 0 Å². The van der Waals surface area contributed by atoms with Crippen molar-refractivity contribution in [1.29, 1.82) is 0 Å². The second kappa shape index (κ2) is 17.8. The summed E-state index contributed by atoms with van der Waals surface area (Å²) in [4.78, 5) is 28.0. The first-order chi connectivity index (χ1) is 22.1. The number of allylic oxidation sites excluding steroid dienone is 2.